The van der Waals surface area contributed by atoms with Gasteiger partial charge in [-0.3, -0.25) is 0 Å². The maximum Gasteiger partial charge on any atom is 0.388 e. The van der Waals surface area contributed by atoms with Crippen molar-refractivity contribution in [3.63, 3.8) is 0 Å². The van der Waals surface area contributed by atoms with E-state index in [0.717, 1.165) is 43.6 Å². The van der Waals surface area contributed by atoms with Crippen LogP contribution in [0.2, 0.25) is 50.4 Å². The van der Waals surface area contributed by atoms with E-state index in [2.05, 4.69) is 60.8 Å². The van der Waals surface area contributed by atoms with Crippen LogP contribution in [0.25, 0.3) is 0 Å². The number of amides is 1. The van der Waals surface area contributed by atoms with E-state index in [1.807, 2.05) is 11.5 Å². The van der Waals surface area contributed by atoms with Gasteiger partial charge in [0.05, 0.1) is 0 Å². The topological polar surface area (TPSA) is 48.0 Å². The minimum atomic E-state index is -2.22. The van der Waals surface area contributed by atoms with E-state index < -0.39 is 25.1 Å². The molecule has 0 aromatic rings. The molecule has 28 heavy (non-hydrogen) atoms. The molecule has 0 spiro atoms. The molecule has 0 N–H and O–H groups in total. The van der Waals surface area contributed by atoms with Gasteiger partial charge in [0.15, 0.2) is 8.24 Å². The Balaban J connectivity index is 5.13. The molecule has 168 valence electrons. The molecule has 0 saturated carbocycles. The van der Waals surface area contributed by atoms with Crippen molar-refractivity contribution in [1.82, 2.24) is 4.57 Å². The molecular weight excluding hydrogens is 402 g/mol. The average molecular weight is 450 g/mol. The van der Waals surface area contributed by atoms with Crippen molar-refractivity contribution >= 4 is 31.2 Å². The van der Waals surface area contributed by atoms with Crippen LogP contribution in [-0.4, -0.2) is 55.0 Å². The monoisotopic (exact) mass is 449 g/mol. The lowest BCUT2D eigenvalue weighted by atomic mass is 10.3. The van der Waals surface area contributed by atoms with Crippen molar-refractivity contribution in [2.75, 3.05) is 13.2 Å². The van der Waals surface area contributed by atoms with Crippen LogP contribution in [0.3, 0.4) is 0 Å². The van der Waals surface area contributed by atoms with Gasteiger partial charge in [-0.05, 0) is 57.4 Å². The van der Waals surface area contributed by atoms with Gasteiger partial charge in [0.25, 0.3) is 8.32 Å². The highest BCUT2D eigenvalue weighted by Gasteiger charge is 2.38. The van der Waals surface area contributed by atoms with Gasteiger partial charge in [-0.1, -0.05) is 47.3 Å². The van der Waals surface area contributed by atoms with Crippen LogP contribution in [0.15, 0.2) is 0 Å². The lowest BCUT2D eigenvalue weighted by Gasteiger charge is -2.38. The fourth-order valence-electron chi connectivity index (χ4n) is 3.45. The lowest BCUT2D eigenvalue weighted by molar-refractivity contribution is 0.126. The van der Waals surface area contributed by atoms with E-state index in [-0.39, 0.29) is 12.2 Å². The Hall–Kier alpha value is -0.159. The zero-order valence-electron chi connectivity index (χ0n) is 20.3. The summed E-state index contributed by atoms with van der Waals surface area (Å²) in [5, 5.41) is 0. The van der Waals surface area contributed by atoms with Gasteiger partial charge in [0.2, 0.25) is 0 Å². The van der Waals surface area contributed by atoms with E-state index in [4.69, 9.17) is 13.3 Å². The second-order valence-corrected chi connectivity index (χ2v) is 21.8. The molecule has 0 rings (SSSR count). The maximum atomic E-state index is 13.1. The number of nitrogens with zero attached hydrogens (tertiary/aromatic N) is 1. The van der Waals surface area contributed by atoms with Crippen molar-refractivity contribution in [1.29, 1.82) is 0 Å². The van der Waals surface area contributed by atoms with Gasteiger partial charge < -0.3 is 17.8 Å². The number of carbonyl (C=O) groups is 1. The third-order valence-corrected chi connectivity index (χ3v) is 15.3. The van der Waals surface area contributed by atoms with Gasteiger partial charge in [-0.2, -0.15) is 0 Å². The zero-order chi connectivity index (χ0) is 22.0. The highest BCUT2D eigenvalue weighted by molar-refractivity contribution is 6.77. The molecule has 0 saturated heterocycles. The van der Waals surface area contributed by atoms with Crippen LogP contribution in [-0.2, 0) is 13.3 Å². The highest BCUT2D eigenvalue weighted by Crippen LogP contribution is 2.25. The van der Waals surface area contributed by atoms with E-state index >= 15 is 0 Å². The van der Waals surface area contributed by atoms with E-state index in [1.54, 1.807) is 0 Å². The molecule has 2 atom stereocenters. The maximum absolute atomic E-state index is 13.1. The highest BCUT2D eigenvalue weighted by atomic mass is 28.4. The molecule has 0 aliphatic heterocycles. The lowest BCUT2D eigenvalue weighted by Crippen LogP contribution is -2.54. The largest absolute Gasteiger partial charge is 0.504 e. The van der Waals surface area contributed by atoms with Crippen molar-refractivity contribution < 1.29 is 18.1 Å². The standard InChI is InChI=1S/C20H47NO4Si3/c1-11-19(6)24-27(10,23-12-2)18-16-17-21(26(7,8)9)20(22)25-28(13-3,14-4)15-5/h19H,11-18H2,1-10H3. The molecule has 5 nitrogen and oxygen atoms in total. The molecule has 0 heterocycles. The van der Waals surface area contributed by atoms with Gasteiger partial charge in [0, 0.05) is 19.3 Å². The third kappa shape index (κ3) is 9.11. The first-order valence-electron chi connectivity index (χ1n) is 11.2. The molecule has 0 aromatic carbocycles. The Morgan fingerprint density at radius 1 is 0.964 bits per heavy atom. The van der Waals surface area contributed by atoms with Gasteiger partial charge >= 0.3 is 14.7 Å². The summed E-state index contributed by atoms with van der Waals surface area (Å²) in [7, 11) is -5.99. The fraction of sp³-hybridized carbons (Fsp3) is 0.950. The number of hydrogen-bond donors (Lipinski definition) is 0. The zero-order valence-corrected chi connectivity index (χ0v) is 23.3. The number of rotatable bonds is 14. The Kier molecular flexibility index (Phi) is 12.4. The molecule has 0 aliphatic rings. The minimum absolute atomic E-state index is 0.0843. The number of hydrogen-bond acceptors (Lipinski definition) is 4. The van der Waals surface area contributed by atoms with Crippen LogP contribution in [0.1, 0.15) is 54.4 Å². The van der Waals surface area contributed by atoms with Crippen LogP contribution < -0.4 is 0 Å². The van der Waals surface area contributed by atoms with E-state index in [9.17, 15) is 4.79 Å². The molecule has 0 radical (unpaired) electrons. The first-order chi connectivity index (χ1) is 12.9. The van der Waals surface area contributed by atoms with Crippen LogP contribution in [0.4, 0.5) is 4.79 Å². The quantitative estimate of drug-likeness (QED) is 0.281. The number of carbonyl (C=O) groups excluding carboxylic acids is 1. The second kappa shape index (κ2) is 12.5. The normalized spacial score (nSPS) is 15.8. The first kappa shape index (κ1) is 27.8. The smallest absolute Gasteiger partial charge is 0.388 e. The predicted octanol–water partition coefficient (Wildman–Crippen LogP) is 6.58. The summed E-state index contributed by atoms with van der Waals surface area (Å²) >= 11 is 0. The van der Waals surface area contributed by atoms with Crippen molar-refractivity contribution in [3.05, 3.63) is 0 Å². The Morgan fingerprint density at radius 2 is 1.50 bits per heavy atom. The Labute approximate surface area is 178 Å². The van der Waals surface area contributed by atoms with Gasteiger partial charge in [-0.25, -0.2) is 4.79 Å². The predicted molar refractivity (Wildman–Crippen MR) is 127 cm³/mol. The summed E-state index contributed by atoms with van der Waals surface area (Å²) in [5.41, 5.74) is 0. The Bertz CT molecular complexity index is 447. The minimum Gasteiger partial charge on any atom is -0.504 e. The van der Waals surface area contributed by atoms with Gasteiger partial charge in [0.1, 0.15) is 0 Å². The molecule has 1 amide bonds. The summed E-state index contributed by atoms with van der Waals surface area (Å²) in [4.78, 5) is 13.1. The third-order valence-electron chi connectivity index (χ3n) is 5.75. The summed E-state index contributed by atoms with van der Waals surface area (Å²) in [6.07, 6.45) is 2.02. The molecule has 0 fully saturated rings. The van der Waals surface area contributed by atoms with E-state index in [1.165, 1.54) is 0 Å². The first-order valence-corrected chi connectivity index (χ1v) is 19.7. The second-order valence-electron chi connectivity index (χ2n) is 8.94. The van der Waals surface area contributed by atoms with Crippen LogP contribution >= 0.6 is 0 Å². The summed E-state index contributed by atoms with van der Waals surface area (Å²) in [5.74, 6) is 0. The summed E-state index contributed by atoms with van der Waals surface area (Å²) < 4.78 is 20.6. The molecule has 0 aliphatic carbocycles. The summed E-state index contributed by atoms with van der Waals surface area (Å²) in [6.45, 7) is 23.0. The fourth-order valence-corrected chi connectivity index (χ4v) is 10.1. The van der Waals surface area contributed by atoms with Crippen molar-refractivity contribution in [2.24, 2.45) is 0 Å². The van der Waals surface area contributed by atoms with Crippen molar-refractivity contribution in [2.45, 2.75) is 111 Å². The molecule has 8 heteroatoms. The average Bonchev–Trinajstić information content (AvgIpc) is 2.62. The van der Waals surface area contributed by atoms with Crippen LogP contribution in [0.5, 0.6) is 0 Å². The van der Waals surface area contributed by atoms with Gasteiger partial charge in [-0.15, -0.1) is 0 Å². The SMILES string of the molecule is CCO[Si](C)(CCCN(C(=O)O[Si](CC)(CC)CC)[Si](C)(C)C)OC(C)CC. The Morgan fingerprint density at radius 3 is 1.89 bits per heavy atom. The molecule has 2 unspecified atom stereocenters. The van der Waals surface area contributed by atoms with Crippen LogP contribution in [0, 0.1) is 0 Å². The molecule has 0 bridgehead atoms. The molecule has 0 aromatic heterocycles. The van der Waals surface area contributed by atoms with Crippen molar-refractivity contribution in [3.8, 4) is 0 Å². The van der Waals surface area contributed by atoms with E-state index in [0.29, 0.717) is 6.61 Å². The summed E-state index contributed by atoms with van der Waals surface area (Å²) in [6, 6.07) is 3.87. The molecular formula is C20H47NO4Si3.